The van der Waals surface area contributed by atoms with E-state index >= 15 is 0 Å². The molecule has 0 aliphatic carbocycles. The van der Waals surface area contributed by atoms with Crippen molar-refractivity contribution < 1.29 is 19.1 Å². The van der Waals surface area contributed by atoms with E-state index in [1.54, 1.807) is 9.80 Å². The van der Waals surface area contributed by atoms with Gasteiger partial charge in [0.1, 0.15) is 12.7 Å². The Morgan fingerprint density at radius 1 is 1.14 bits per heavy atom. The Bertz CT molecular complexity index is 548. The molecule has 2 heterocycles. The monoisotopic (exact) mass is 308 g/mol. The van der Waals surface area contributed by atoms with Crippen molar-refractivity contribution in [2.45, 2.75) is 6.10 Å². The number of cyclic esters (lactones) is 1. The van der Waals surface area contributed by atoms with Crippen LogP contribution in [0.25, 0.3) is 0 Å². The van der Waals surface area contributed by atoms with E-state index < -0.39 is 0 Å². The van der Waals surface area contributed by atoms with Crippen LogP contribution in [0.3, 0.4) is 0 Å². The minimum atomic E-state index is -0.322. The minimum absolute atomic E-state index is 0.0438. The lowest BCUT2D eigenvalue weighted by Gasteiger charge is -2.27. The van der Waals surface area contributed by atoms with Crippen molar-refractivity contribution in [2.75, 3.05) is 42.3 Å². The third-order valence-corrected chi connectivity index (χ3v) is 4.12. The average Bonchev–Trinajstić information content (AvgIpc) is 2.89. The van der Waals surface area contributed by atoms with E-state index in [4.69, 9.17) is 9.47 Å². The quantitative estimate of drug-likeness (QED) is 0.789. The smallest absolute Gasteiger partial charge is 0.414 e. The molecule has 0 radical (unpaired) electrons. The maximum atomic E-state index is 11.8. The predicted molar refractivity (Wildman–Crippen MR) is 81.8 cm³/mol. The predicted octanol–water partition coefficient (Wildman–Crippen LogP) is 1.25. The number of morpholine rings is 1. The summed E-state index contributed by atoms with van der Waals surface area (Å²) in [5, 5.41) is 0. The second-order valence-corrected chi connectivity index (χ2v) is 5.44. The van der Waals surface area contributed by atoms with Crippen LogP contribution in [0, 0.1) is 0 Å². The minimum Gasteiger partial charge on any atom is -0.444 e. The number of amides is 2. The van der Waals surface area contributed by atoms with Gasteiger partial charge in [-0.1, -0.05) is 0 Å². The summed E-state index contributed by atoms with van der Waals surface area (Å²) >= 11 is 0. The first-order valence-corrected chi connectivity index (χ1v) is 7.67. The van der Waals surface area contributed by atoms with E-state index in [0.29, 0.717) is 19.7 Å². The number of anilines is 2. The second kappa shape index (κ2) is 6.00. The fraction of sp³-hybridized carbons (Fsp3) is 0.429. The van der Waals surface area contributed by atoms with Crippen LogP contribution in [0.2, 0.25) is 0 Å². The van der Waals surface area contributed by atoms with Crippen LogP contribution >= 0.6 is 9.24 Å². The number of nitrogens with zero attached hydrogens (tertiary/aromatic N) is 2. The molecule has 0 aromatic heterocycles. The molecule has 1 aromatic rings. The van der Waals surface area contributed by atoms with E-state index in [9.17, 15) is 9.59 Å². The first-order valence-electron chi connectivity index (χ1n) is 6.85. The molecule has 2 atom stereocenters. The third kappa shape index (κ3) is 2.87. The van der Waals surface area contributed by atoms with E-state index in [1.807, 2.05) is 24.3 Å². The van der Waals surface area contributed by atoms with Crippen molar-refractivity contribution in [1.29, 1.82) is 0 Å². The van der Waals surface area contributed by atoms with E-state index in [1.165, 1.54) is 0 Å². The van der Waals surface area contributed by atoms with Crippen molar-refractivity contribution in [1.82, 2.24) is 0 Å². The standard InChI is InChI=1S/C14H17N2O4P/c17-13-8-19-6-5-15(13)10-1-3-11(4-2-10)16-7-12(9-21)20-14(16)18/h1-4,12H,5-9,21H2/t12-/m1/s1. The molecule has 1 unspecified atom stereocenters. The molecular weight excluding hydrogens is 291 g/mol. The highest BCUT2D eigenvalue weighted by atomic mass is 31.0. The number of ether oxygens (including phenoxy) is 2. The largest absolute Gasteiger partial charge is 0.444 e. The van der Waals surface area contributed by atoms with E-state index in [-0.39, 0.29) is 24.7 Å². The third-order valence-electron chi connectivity index (χ3n) is 3.60. The van der Waals surface area contributed by atoms with Gasteiger partial charge in [-0.2, -0.15) is 0 Å². The lowest BCUT2D eigenvalue weighted by molar-refractivity contribution is -0.125. The molecule has 0 N–H and O–H groups in total. The summed E-state index contributed by atoms with van der Waals surface area (Å²) in [6.07, 6.45) is 0.323. The number of hydrogen-bond donors (Lipinski definition) is 0. The van der Waals surface area contributed by atoms with Crippen LogP contribution < -0.4 is 9.80 Å². The molecule has 7 heteroatoms. The van der Waals surface area contributed by atoms with Gasteiger partial charge in [-0.3, -0.25) is 9.69 Å². The molecule has 0 saturated carbocycles. The number of rotatable bonds is 3. The summed E-state index contributed by atoms with van der Waals surface area (Å²) in [7, 11) is 2.58. The zero-order chi connectivity index (χ0) is 14.8. The van der Waals surface area contributed by atoms with Crippen LogP contribution in [0.5, 0.6) is 0 Å². The molecule has 2 aliphatic rings. The highest BCUT2D eigenvalue weighted by Crippen LogP contribution is 2.26. The van der Waals surface area contributed by atoms with E-state index in [2.05, 4.69) is 9.24 Å². The molecule has 112 valence electrons. The summed E-state index contributed by atoms with van der Waals surface area (Å²) in [6, 6.07) is 7.37. The first-order chi connectivity index (χ1) is 10.2. The Morgan fingerprint density at radius 2 is 1.81 bits per heavy atom. The van der Waals surface area contributed by atoms with Gasteiger partial charge in [0.2, 0.25) is 0 Å². The van der Waals surface area contributed by atoms with Gasteiger partial charge >= 0.3 is 6.09 Å². The van der Waals surface area contributed by atoms with Gasteiger partial charge < -0.3 is 14.4 Å². The summed E-state index contributed by atoms with van der Waals surface area (Å²) < 4.78 is 10.3. The SMILES string of the molecule is O=C1COCCN1c1ccc(N2C[C@H](CP)OC2=O)cc1. The average molecular weight is 308 g/mol. The molecule has 2 amide bonds. The van der Waals surface area contributed by atoms with Crippen LogP contribution in [-0.4, -0.2) is 50.6 Å². The zero-order valence-corrected chi connectivity index (χ0v) is 12.7. The van der Waals surface area contributed by atoms with Gasteiger partial charge in [0.05, 0.1) is 13.2 Å². The number of carbonyl (C=O) groups excluding carboxylic acids is 2. The summed E-state index contributed by atoms with van der Waals surface area (Å²) in [4.78, 5) is 26.9. The van der Waals surface area contributed by atoms with Crippen molar-refractivity contribution >= 4 is 32.6 Å². The Balaban J connectivity index is 1.75. The van der Waals surface area contributed by atoms with Gasteiger partial charge in [-0.05, 0) is 24.3 Å². The van der Waals surface area contributed by atoms with Gasteiger partial charge in [-0.15, -0.1) is 9.24 Å². The molecule has 2 fully saturated rings. The molecule has 2 saturated heterocycles. The lowest BCUT2D eigenvalue weighted by Crippen LogP contribution is -2.41. The van der Waals surface area contributed by atoms with E-state index in [0.717, 1.165) is 17.5 Å². The van der Waals surface area contributed by atoms with Crippen LogP contribution in [0.4, 0.5) is 16.2 Å². The summed E-state index contributed by atoms with van der Waals surface area (Å²) in [6.45, 7) is 1.77. The van der Waals surface area contributed by atoms with Crippen LogP contribution in [-0.2, 0) is 14.3 Å². The van der Waals surface area contributed by atoms with Gasteiger partial charge in [0.25, 0.3) is 5.91 Å². The Kier molecular flexibility index (Phi) is 4.08. The summed E-state index contributed by atoms with van der Waals surface area (Å²) in [5.74, 6) is -0.0438. The topological polar surface area (TPSA) is 59.1 Å². The van der Waals surface area contributed by atoms with Crippen molar-refractivity contribution in [3.8, 4) is 0 Å². The Labute approximate surface area is 125 Å². The first kappa shape index (κ1) is 14.3. The van der Waals surface area contributed by atoms with Crippen molar-refractivity contribution in [3.63, 3.8) is 0 Å². The summed E-state index contributed by atoms with van der Waals surface area (Å²) in [5.41, 5.74) is 1.60. The Hall–Kier alpha value is -1.65. The molecule has 0 bridgehead atoms. The molecule has 6 nitrogen and oxygen atoms in total. The van der Waals surface area contributed by atoms with Crippen molar-refractivity contribution in [2.24, 2.45) is 0 Å². The van der Waals surface area contributed by atoms with Gasteiger partial charge in [0, 0.05) is 24.1 Å². The highest BCUT2D eigenvalue weighted by molar-refractivity contribution is 7.16. The number of hydrogen-bond acceptors (Lipinski definition) is 4. The Morgan fingerprint density at radius 3 is 2.38 bits per heavy atom. The fourth-order valence-corrected chi connectivity index (χ4v) is 2.70. The maximum Gasteiger partial charge on any atom is 0.414 e. The van der Waals surface area contributed by atoms with Crippen molar-refractivity contribution in [3.05, 3.63) is 24.3 Å². The van der Waals surface area contributed by atoms with Crippen LogP contribution in [0.15, 0.2) is 24.3 Å². The molecule has 2 aliphatic heterocycles. The lowest BCUT2D eigenvalue weighted by atomic mass is 10.2. The van der Waals surface area contributed by atoms with Gasteiger partial charge in [0.15, 0.2) is 0 Å². The zero-order valence-electron chi connectivity index (χ0n) is 11.5. The molecular formula is C14H17N2O4P. The normalized spacial score (nSPS) is 22.6. The maximum absolute atomic E-state index is 11.8. The molecule has 3 rings (SSSR count). The highest BCUT2D eigenvalue weighted by Gasteiger charge is 2.31. The molecule has 21 heavy (non-hydrogen) atoms. The number of carbonyl (C=O) groups is 2. The second-order valence-electron chi connectivity index (χ2n) is 4.97. The fourth-order valence-electron chi connectivity index (χ4n) is 2.46. The van der Waals surface area contributed by atoms with Gasteiger partial charge in [-0.25, -0.2) is 4.79 Å². The number of benzene rings is 1. The molecule has 0 spiro atoms. The van der Waals surface area contributed by atoms with Crippen LogP contribution in [0.1, 0.15) is 0 Å². The molecule has 1 aromatic carbocycles.